The van der Waals surface area contributed by atoms with Crippen molar-refractivity contribution in [3.63, 3.8) is 0 Å². The highest BCUT2D eigenvalue weighted by atomic mass is 16.5. The fraction of sp³-hybridized carbons (Fsp3) is 0.429. The van der Waals surface area contributed by atoms with Crippen LogP contribution >= 0.6 is 0 Å². The van der Waals surface area contributed by atoms with Gasteiger partial charge in [0.1, 0.15) is 5.75 Å². The van der Waals surface area contributed by atoms with Crippen LogP contribution in [0.1, 0.15) is 11.1 Å². The monoisotopic (exact) mass is 260 g/mol. The van der Waals surface area contributed by atoms with E-state index >= 15 is 0 Å². The van der Waals surface area contributed by atoms with Crippen LogP contribution in [0.25, 0.3) is 0 Å². The van der Waals surface area contributed by atoms with Gasteiger partial charge >= 0.3 is 0 Å². The second-order valence-corrected chi connectivity index (χ2v) is 4.71. The maximum atomic E-state index is 12.1. The molecule has 0 aliphatic carbocycles. The van der Waals surface area contributed by atoms with E-state index in [9.17, 15) is 4.79 Å². The van der Waals surface area contributed by atoms with Crippen molar-refractivity contribution in [3.8, 4) is 11.8 Å². The maximum absolute atomic E-state index is 12.1. The Morgan fingerprint density at radius 1 is 1.42 bits per heavy atom. The Bertz CT molecular complexity index is 557. The van der Waals surface area contributed by atoms with Gasteiger partial charge in [0.2, 0.25) is 5.91 Å². The van der Waals surface area contributed by atoms with E-state index in [0.29, 0.717) is 5.69 Å². The molecule has 0 radical (unpaired) electrons. The van der Waals surface area contributed by atoms with Gasteiger partial charge in [0.05, 0.1) is 26.4 Å². The molecule has 1 aliphatic rings. The third-order valence-corrected chi connectivity index (χ3v) is 3.55. The number of hydrogen-bond donors (Lipinski definition) is 1. The molecule has 19 heavy (non-hydrogen) atoms. The lowest BCUT2D eigenvalue weighted by Crippen LogP contribution is -2.50. The summed E-state index contributed by atoms with van der Waals surface area (Å²) in [5, 5.41) is 11.9. The molecule has 1 amide bonds. The van der Waals surface area contributed by atoms with E-state index in [-0.39, 0.29) is 19.1 Å². The average molecular weight is 260 g/mol. The highest BCUT2D eigenvalue weighted by Crippen LogP contribution is 2.31. The molecule has 1 N–H and O–H groups in total. The van der Waals surface area contributed by atoms with Gasteiger partial charge in [0.25, 0.3) is 0 Å². The van der Waals surface area contributed by atoms with Gasteiger partial charge in [-0.1, -0.05) is 0 Å². The number of methoxy groups -OCH3 is 1. The first kappa shape index (κ1) is 13.4. The molecule has 0 unspecified atom stereocenters. The number of hydrogen-bond acceptors (Lipinski definition) is 4. The molecule has 0 spiro atoms. The highest BCUT2D eigenvalue weighted by Gasteiger charge is 2.46. The van der Waals surface area contributed by atoms with Gasteiger partial charge in [0, 0.05) is 5.69 Å². The summed E-state index contributed by atoms with van der Waals surface area (Å²) in [6, 6.07) is 5.61. The predicted molar refractivity (Wildman–Crippen MR) is 70.0 cm³/mol. The van der Waals surface area contributed by atoms with Crippen molar-refractivity contribution in [2.45, 2.75) is 13.8 Å². The number of nitrogens with zero attached hydrogens (tertiary/aromatic N) is 1. The van der Waals surface area contributed by atoms with Crippen LogP contribution in [-0.2, 0) is 9.53 Å². The van der Waals surface area contributed by atoms with Crippen LogP contribution in [0.15, 0.2) is 12.1 Å². The van der Waals surface area contributed by atoms with Crippen LogP contribution in [0.5, 0.6) is 5.75 Å². The largest absolute Gasteiger partial charge is 0.496 e. The maximum Gasteiger partial charge on any atom is 0.249 e. The van der Waals surface area contributed by atoms with Crippen molar-refractivity contribution in [3.05, 3.63) is 23.3 Å². The van der Waals surface area contributed by atoms with Crippen LogP contribution in [0, 0.1) is 30.6 Å². The zero-order valence-electron chi connectivity index (χ0n) is 11.2. The minimum Gasteiger partial charge on any atom is -0.496 e. The van der Waals surface area contributed by atoms with Gasteiger partial charge in [-0.05, 0) is 37.1 Å². The summed E-state index contributed by atoms with van der Waals surface area (Å²) in [6.45, 7) is 4.15. The number of nitriles is 1. The lowest BCUT2D eigenvalue weighted by Gasteiger charge is -2.33. The van der Waals surface area contributed by atoms with Crippen molar-refractivity contribution in [2.75, 3.05) is 25.6 Å². The van der Waals surface area contributed by atoms with Crippen LogP contribution in [0.3, 0.4) is 0 Å². The fourth-order valence-electron chi connectivity index (χ4n) is 1.95. The predicted octanol–water partition coefficient (Wildman–Crippen LogP) is 1.79. The fourth-order valence-corrected chi connectivity index (χ4v) is 1.95. The van der Waals surface area contributed by atoms with E-state index in [0.717, 1.165) is 16.9 Å². The Morgan fingerprint density at radius 3 is 2.58 bits per heavy atom. The minimum absolute atomic E-state index is 0.156. The summed E-state index contributed by atoms with van der Waals surface area (Å²) in [5.41, 5.74) is 1.56. The van der Waals surface area contributed by atoms with Gasteiger partial charge in [-0.15, -0.1) is 0 Å². The summed E-state index contributed by atoms with van der Waals surface area (Å²) < 4.78 is 10.2. The summed E-state index contributed by atoms with van der Waals surface area (Å²) in [4.78, 5) is 12.1. The zero-order valence-corrected chi connectivity index (χ0v) is 11.2. The molecule has 0 aromatic heterocycles. The van der Waals surface area contributed by atoms with Gasteiger partial charge in [-0.3, -0.25) is 4.79 Å². The van der Waals surface area contributed by atoms with Crippen molar-refractivity contribution in [1.82, 2.24) is 0 Å². The number of carbonyl (C=O) groups is 1. The van der Waals surface area contributed by atoms with Crippen LogP contribution in [-0.4, -0.2) is 26.2 Å². The molecule has 5 nitrogen and oxygen atoms in total. The topological polar surface area (TPSA) is 71.3 Å². The third kappa shape index (κ3) is 2.15. The Hall–Kier alpha value is -2.06. The van der Waals surface area contributed by atoms with Crippen molar-refractivity contribution in [2.24, 2.45) is 5.41 Å². The highest BCUT2D eigenvalue weighted by molar-refractivity contribution is 5.98. The first-order chi connectivity index (χ1) is 9.04. The SMILES string of the molecule is COc1ccc(NC(=O)C2(C#N)COC2)c(C)c1C. The lowest BCUT2D eigenvalue weighted by atomic mass is 9.86. The molecule has 0 atom stereocenters. The molecule has 1 aromatic rings. The van der Waals surface area contributed by atoms with Gasteiger partial charge in [-0.25, -0.2) is 0 Å². The summed E-state index contributed by atoms with van der Waals surface area (Å²) in [6.07, 6.45) is 0. The number of anilines is 1. The number of benzene rings is 1. The second-order valence-electron chi connectivity index (χ2n) is 4.71. The van der Waals surface area contributed by atoms with E-state index in [2.05, 4.69) is 5.32 Å². The molecular formula is C14H16N2O3. The van der Waals surface area contributed by atoms with Gasteiger partial charge < -0.3 is 14.8 Å². The molecule has 1 heterocycles. The minimum atomic E-state index is -1.04. The van der Waals surface area contributed by atoms with Crippen LogP contribution < -0.4 is 10.1 Å². The second kappa shape index (κ2) is 4.90. The first-order valence-electron chi connectivity index (χ1n) is 5.99. The van der Waals surface area contributed by atoms with E-state index in [4.69, 9.17) is 14.7 Å². The normalized spacial score (nSPS) is 16.1. The molecule has 5 heteroatoms. The molecular weight excluding hydrogens is 244 g/mol. The molecule has 1 fully saturated rings. The smallest absolute Gasteiger partial charge is 0.249 e. The Kier molecular flexibility index (Phi) is 3.45. The quantitative estimate of drug-likeness (QED) is 0.899. The summed E-state index contributed by atoms with van der Waals surface area (Å²) in [7, 11) is 1.61. The third-order valence-electron chi connectivity index (χ3n) is 3.55. The van der Waals surface area contributed by atoms with Gasteiger partial charge in [-0.2, -0.15) is 5.26 Å². The van der Waals surface area contributed by atoms with Crippen molar-refractivity contribution in [1.29, 1.82) is 5.26 Å². The summed E-state index contributed by atoms with van der Waals surface area (Å²) in [5.74, 6) is 0.464. The van der Waals surface area contributed by atoms with E-state index in [1.807, 2.05) is 19.9 Å². The Balaban J connectivity index is 2.23. The standard InChI is InChI=1S/C14H16N2O3/c1-9-10(2)12(18-3)5-4-11(9)16-13(17)14(6-15)7-19-8-14/h4-5H,7-8H2,1-3H3,(H,16,17). The molecule has 1 aliphatic heterocycles. The number of amides is 1. The van der Waals surface area contributed by atoms with E-state index in [1.165, 1.54) is 0 Å². The molecule has 100 valence electrons. The van der Waals surface area contributed by atoms with E-state index < -0.39 is 5.41 Å². The number of carbonyl (C=O) groups excluding carboxylic acids is 1. The Morgan fingerprint density at radius 2 is 2.11 bits per heavy atom. The zero-order chi connectivity index (χ0) is 14.0. The number of rotatable bonds is 3. The number of nitrogens with one attached hydrogen (secondary N) is 1. The van der Waals surface area contributed by atoms with Crippen molar-refractivity contribution >= 4 is 11.6 Å². The molecule has 1 aromatic carbocycles. The lowest BCUT2D eigenvalue weighted by molar-refractivity contribution is -0.144. The van der Waals surface area contributed by atoms with Crippen LogP contribution in [0.2, 0.25) is 0 Å². The van der Waals surface area contributed by atoms with Gasteiger partial charge in [0.15, 0.2) is 5.41 Å². The molecule has 1 saturated heterocycles. The summed E-state index contributed by atoms with van der Waals surface area (Å²) >= 11 is 0. The Labute approximate surface area is 112 Å². The average Bonchev–Trinajstić information content (AvgIpc) is 2.35. The molecule has 0 bridgehead atoms. The van der Waals surface area contributed by atoms with E-state index in [1.54, 1.807) is 19.2 Å². The van der Waals surface area contributed by atoms with Crippen LogP contribution in [0.4, 0.5) is 5.69 Å². The molecule has 2 rings (SSSR count). The van der Waals surface area contributed by atoms with Crippen molar-refractivity contribution < 1.29 is 14.3 Å². The number of ether oxygens (including phenoxy) is 2. The molecule has 0 saturated carbocycles. The first-order valence-corrected chi connectivity index (χ1v) is 5.99.